The van der Waals surface area contributed by atoms with Gasteiger partial charge in [-0.1, -0.05) is 0 Å². The van der Waals surface area contributed by atoms with Crippen molar-refractivity contribution < 1.29 is 17.2 Å². The van der Waals surface area contributed by atoms with Crippen LogP contribution in [0.5, 0.6) is 0 Å². The monoisotopic (exact) mass is 294 g/mol. The molecule has 108 valence electrons. The van der Waals surface area contributed by atoms with E-state index in [0.717, 1.165) is 29.9 Å². The number of hydrogen-bond donors (Lipinski definition) is 1. The molecular formula is C10H16F2N4O2S. The molecule has 1 atom stereocenters. The van der Waals surface area contributed by atoms with Crippen LogP contribution < -0.4 is 5.73 Å². The highest BCUT2D eigenvalue weighted by molar-refractivity contribution is 7.89. The third-order valence-electron chi connectivity index (χ3n) is 3.14. The van der Waals surface area contributed by atoms with Crippen LogP contribution in [0.4, 0.5) is 8.78 Å². The Balaban J connectivity index is 2.22. The predicted molar refractivity (Wildman–Crippen MR) is 64.2 cm³/mol. The zero-order chi connectivity index (χ0) is 14.0. The van der Waals surface area contributed by atoms with Crippen molar-refractivity contribution in [3.63, 3.8) is 0 Å². The molecule has 1 aliphatic rings. The van der Waals surface area contributed by atoms with Gasteiger partial charge in [-0.3, -0.25) is 4.68 Å². The normalized spacial score (nSPS) is 21.4. The van der Waals surface area contributed by atoms with Crippen LogP contribution in [-0.2, 0) is 16.6 Å². The standard InChI is InChI=1S/C10H16F2N4O2S/c11-10(12)7-15-6-9(5-14-15)19(17,18)16-3-1-2-8(16)4-13/h5-6,8,10H,1-4,7,13H2. The molecule has 2 rings (SSSR count). The summed E-state index contributed by atoms with van der Waals surface area (Å²) in [6.07, 6.45) is 1.14. The zero-order valence-corrected chi connectivity index (χ0v) is 11.1. The summed E-state index contributed by atoms with van der Waals surface area (Å²) in [5, 5.41) is 3.64. The molecule has 0 spiro atoms. The fourth-order valence-electron chi connectivity index (χ4n) is 2.22. The summed E-state index contributed by atoms with van der Waals surface area (Å²) in [6.45, 7) is 0.0461. The molecule has 19 heavy (non-hydrogen) atoms. The summed E-state index contributed by atoms with van der Waals surface area (Å²) in [7, 11) is -3.69. The van der Waals surface area contributed by atoms with Crippen molar-refractivity contribution in [1.82, 2.24) is 14.1 Å². The summed E-state index contributed by atoms with van der Waals surface area (Å²) in [5.74, 6) is 0. The van der Waals surface area contributed by atoms with Gasteiger partial charge < -0.3 is 5.73 Å². The van der Waals surface area contributed by atoms with E-state index in [-0.39, 0.29) is 17.5 Å². The Morgan fingerprint density at radius 1 is 1.53 bits per heavy atom. The molecule has 0 radical (unpaired) electrons. The first kappa shape index (κ1) is 14.4. The van der Waals surface area contributed by atoms with Crippen molar-refractivity contribution in [3.8, 4) is 0 Å². The van der Waals surface area contributed by atoms with Crippen LogP contribution >= 0.6 is 0 Å². The Hall–Kier alpha value is -1.06. The number of hydrogen-bond acceptors (Lipinski definition) is 4. The van der Waals surface area contributed by atoms with Crippen LogP contribution in [0.1, 0.15) is 12.8 Å². The maximum absolute atomic E-state index is 12.3. The van der Waals surface area contributed by atoms with E-state index >= 15 is 0 Å². The molecule has 1 aromatic rings. The van der Waals surface area contributed by atoms with Crippen LogP contribution in [-0.4, -0.2) is 48.1 Å². The summed E-state index contributed by atoms with van der Waals surface area (Å²) in [6, 6.07) is -0.219. The molecule has 1 aromatic heterocycles. The van der Waals surface area contributed by atoms with Crippen molar-refractivity contribution in [2.75, 3.05) is 13.1 Å². The fourth-order valence-corrected chi connectivity index (χ4v) is 3.88. The van der Waals surface area contributed by atoms with Crippen molar-refractivity contribution in [1.29, 1.82) is 0 Å². The van der Waals surface area contributed by atoms with Crippen LogP contribution in [0.3, 0.4) is 0 Å². The lowest BCUT2D eigenvalue weighted by molar-refractivity contribution is 0.121. The van der Waals surface area contributed by atoms with Gasteiger partial charge in [-0.05, 0) is 12.8 Å². The topological polar surface area (TPSA) is 81.2 Å². The maximum atomic E-state index is 12.3. The van der Waals surface area contributed by atoms with Crippen LogP contribution in [0.25, 0.3) is 0 Å². The molecule has 0 amide bonds. The molecular weight excluding hydrogens is 278 g/mol. The van der Waals surface area contributed by atoms with E-state index < -0.39 is 23.0 Å². The molecule has 6 nitrogen and oxygen atoms in total. The first-order valence-corrected chi connectivity index (χ1v) is 7.41. The summed E-state index contributed by atoms with van der Waals surface area (Å²) in [5.41, 5.74) is 5.54. The second-order valence-electron chi connectivity index (χ2n) is 4.44. The Kier molecular flexibility index (Phi) is 4.16. The van der Waals surface area contributed by atoms with E-state index in [2.05, 4.69) is 5.10 Å². The lowest BCUT2D eigenvalue weighted by Crippen LogP contribution is -2.39. The molecule has 2 N–H and O–H groups in total. The van der Waals surface area contributed by atoms with Crippen LogP contribution in [0, 0.1) is 0 Å². The molecule has 2 heterocycles. The SMILES string of the molecule is NCC1CCCN1S(=O)(=O)c1cnn(CC(F)F)c1. The average Bonchev–Trinajstić information content (AvgIpc) is 2.95. The number of alkyl halides is 2. The van der Waals surface area contributed by atoms with Crippen LogP contribution in [0.15, 0.2) is 17.3 Å². The fraction of sp³-hybridized carbons (Fsp3) is 0.700. The van der Waals surface area contributed by atoms with E-state index in [9.17, 15) is 17.2 Å². The molecule has 1 saturated heterocycles. The van der Waals surface area contributed by atoms with Gasteiger partial charge in [0.05, 0.1) is 6.20 Å². The minimum Gasteiger partial charge on any atom is -0.329 e. The van der Waals surface area contributed by atoms with Crippen LogP contribution in [0.2, 0.25) is 0 Å². The second kappa shape index (κ2) is 5.51. The minimum absolute atomic E-state index is 0.0616. The quantitative estimate of drug-likeness (QED) is 0.844. The van der Waals surface area contributed by atoms with Gasteiger partial charge in [0, 0.05) is 25.3 Å². The third kappa shape index (κ3) is 2.93. The Labute approximate surface area is 110 Å². The first-order valence-electron chi connectivity index (χ1n) is 5.97. The molecule has 9 heteroatoms. The van der Waals surface area contributed by atoms with Gasteiger partial charge in [0.2, 0.25) is 10.0 Å². The highest BCUT2D eigenvalue weighted by atomic mass is 32.2. The molecule has 1 aliphatic heterocycles. The van der Waals surface area contributed by atoms with E-state index in [1.54, 1.807) is 0 Å². The van der Waals surface area contributed by atoms with Crippen molar-refractivity contribution in [2.24, 2.45) is 5.73 Å². The zero-order valence-electron chi connectivity index (χ0n) is 10.2. The van der Waals surface area contributed by atoms with Crippen molar-refractivity contribution in [3.05, 3.63) is 12.4 Å². The van der Waals surface area contributed by atoms with Gasteiger partial charge in [0.1, 0.15) is 11.4 Å². The lowest BCUT2D eigenvalue weighted by atomic mass is 10.2. The van der Waals surface area contributed by atoms with Crippen molar-refractivity contribution >= 4 is 10.0 Å². The predicted octanol–water partition coefficient (Wildman–Crippen LogP) is 0.260. The Bertz CT molecular complexity index is 531. The Morgan fingerprint density at radius 3 is 2.89 bits per heavy atom. The second-order valence-corrected chi connectivity index (χ2v) is 6.33. The average molecular weight is 294 g/mol. The van der Waals surface area contributed by atoms with E-state index in [4.69, 9.17) is 5.73 Å². The highest BCUT2D eigenvalue weighted by Gasteiger charge is 2.35. The highest BCUT2D eigenvalue weighted by Crippen LogP contribution is 2.25. The van der Waals surface area contributed by atoms with Gasteiger partial charge in [0.15, 0.2) is 0 Å². The smallest absolute Gasteiger partial charge is 0.257 e. The number of sulfonamides is 1. The van der Waals surface area contributed by atoms with E-state index in [1.165, 1.54) is 4.31 Å². The summed E-state index contributed by atoms with van der Waals surface area (Å²) >= 11 is 0. The van der Waals surface area contributed by atoms with Crippen molar-refractivity contribution in [2.45, 2.75) is 36.7 Å². The lowest BCUT2D eigenvalue weighted by Gasteiger charge is -2.21. The van der Waals surface area contributed by atoms with E-state index in [1.807, 2.05) is 0 Å². The first-order chi connectivity index (χ1) is 8.95. The molecule has 0 aromatic carbocycles. The molecule has 1 fully saturated rings. The number of nitrogens with zero attached hydrogens (tertiary/aromatic N) is 3. The number of aromatic nitrogens is 2. The molecule has 1 unspecified atom stereocenters. The minimum atomic E-state index is -3.69. The van der Waals surface area contributed by atoms with Gasteiger partial charge in [-0.15, -0.1) is 0 Å². The van der Waals surface area contributed by atoms with Gasteiger partial charge in [-0.2, -0.15) is 9.40 Å². The number of halogens is 2. The Morgan fingerprint density at radius 2 is 2.26 bits per heavy atom. The summed E-state index contributed by atoms with van der Waals surface area (Å²) in [4.78, 5) is -0.0616. The van der Waals surface area contributed by atoms with Gasteiger partial charge in [-0.25, -0.2) is 17.2 Å². The summed E-state index contributed by atoms with van der Waals surface area (Å²) < 4.78 is 51.3. The number of rotatable bonds is 5. The molecule has 0 saturated carbocycles. The number of nitrogens with two attached hydrogens (primary N) is 1. The van der Waals surface area contributed by atoms with Gasteiger partial charge in [0.25, 0.3) is 6.43 Å². The van der Waals surface area contributed by atoms with Gasteiger partial charge >= 0.3 is 0 Å². The third-order valence-corrected chi connectivity index (χ3v) is 5.04. The maximum Gasteiger partial charge on any atom is 0.257 e. The molecule has 0 aliphatic carbocycles. The molecule has 0 bridgehead atoms. The van der Waals surface area contributed by atoms with E-state index in [0.29, 0.717) is 6.54 Å². The largest absolute Gasteiger partial charge is 0.329 e.